The van der Waals surface area contributed by atoms with E-state index < -0.39 is 0 Å². The zero-order chi connectivity index (χ0) is 14.9. The molecule has 0 bridgehead atoms. The largest absolute Gasteiger partial charge is 0.492 e. The molecule has 3 nitrogen and oxygen atoms in total. The lowest BCUT2D eigenvalue weighted by Gasteiger charge is -2.33. The second kappa shape index (κ2) is 5.98. The minimum atomic E-state index is -0.238. The summed E-state index contributed by atoms with van der Waals surface area (Å²) in [7, 11) is 0. The van der Waals surface area contributed by atoms with Gasteiger partial charge in [0.1, 0.15) is 12.4 Å². The smallest absolute Gasteiger partial charge is 0.119 e. The predicted molar refractivity (Wildman–Crippen MR) is 84.7 cm³/mol. The quantitative estimate of drug-likeness (QED) is 0.773. The van der Waals surface area contributed by atoms with Gasteiger partial charge < -0.3 is 15.2 Å². The number of nitrogens with one attached hydrogen (secondary N) is 1. The third kappa shape index (κ3) is 3.58. The molecule has 21 heavy (non-hydrogen) atoms. The Bertz CT molecular complexity index is 463. The zero-order valence-corrected chi connectivity index (χ0v) is 13.1. The standard InChI is InChI=1S/C18H27NO2/c1-13(2)14-3-9-17(10-4-14)21-12-18(11-20,15-5-6-15)19-16-7-8-16/h3-4,9-10,13,15-16,19-20H,5-8,11-12H2,1-2H3. The van der Waals surface area contributed by atoms with Crippen LogP contribution in [0, 0.1) is 5.92 Å². The van der Waals surface area contributed by atoms with Crippen molar-refractivity contribution in [2.75, 3.05) is 13.2 Å². The number of hydrogen-bond acceptors (Lipinski definition) is 3. The van der Waals surface area contributed by atoms with E-state index in [-0.39, 0.29) is 12.1 Å². The number of ether oxygens (including phenoxy) is 1. The number of hydrogen-bond donors (Lipinski definition) is 2. The molecule has 0 amide bonds. The van der Waals surface area contributed by atoms with E-state index in [9.17, 15) is 5.11 Å². The summed E-state index contributed by atoms with van der Waals surface area (Å²) in [5.74, 6) is 2.01. The van der Waals surface area contributed by atoms with E-state index >= 15 is 0 Å². The highest BCUT2D eigenvalue weighted by Gasteiger charge is 2.48. The van der Waals surface area contributed by atoms with Gasteiger partial charge in [-0.25, -0.2) is 0 Å². The summed E-state index contributed by atoms with van der Waals surface area (Å²) in [4.78, 5) is 0. The lowest BCUT2D eigenvalue weighted by Crippen LogP contribution is -2.56. The first-order valence-corrected chi connectivity index (χ1v) is 8.24. The molecule has 116 valence electrons. The molecule has 0 aliphatic heterocycles. The molecule has 2 saturated carbocycles. The fraction of sp³-hybridized carbons (Fsp3) is 0.667. The summed E-state index contributed by atoms with van der Waals surface area (Å²) < 4.78 is 6.00. The van der Waals surface area contributed by atoms with E-state index in [0.29, 0.717) is 24.5 Å². The maximum absolute atomic E-state index is 9.92. The van der Waals surface area contributed by atoms with Crippen molar-refractivity contribution in [3.05, 3.63) is 29.8 Å². The van der Waals surface area contributed by atoms with Crippen molar-refractivity contribution in [2.45, 2.75) is 57.0 Å². The van der Waals surface area contributed by atoms with Crippen molar-refractivity contribution in [3.63, 3.8) is 0 Å². The second-order valence-electron chi connectivity index (χ2n) is 7.02. The molecular weight excluding hydrogens is 262 g/mol. The van der Waals surface area contributed by atoms with Gasteiger partial charge >= 0.3 is 0 Å². The Balaban J connectivity index is 1.62. The molecule has 2 aliphatic rings. The molecule has 0 spiro atoms. The highest BCUT2D eigenvalue weighted by atomic mass is 16.5. The number of benzene rings is 1. The summed E-state index contributed by atoms with van der Waals surface area (Å²) in [5.41, 5.74) is 1.09. The van der Waals surface area contributed by atoms with Crippen LogP contribution >= 0.6 is 0 Å². The Kier molecular flexibility index (Phi) is 4.23. The van der Waals surface area contributed by atoms with E-state index in [1.54, 1.807) is 0 Å². The zero-order valence-electron chi connectivity index (χ0n) is 13.1. The minimum absolute atomic E-state index is 0.165. The molecule has 3 heteroatoms. The van der Waals surface area contributed by atoms with Crippen LogP contribution in [0.3, 0.4) is 0 Å². The fourth-order valence-electron chi connectivity index (χ4n) is 2.93. The highest BCUT2D eigenvalue weighted by Crippen LogP contribution is 2.41. The summed E-state index contributed by atoms with van der Waals surface area (Å²) in [6, 6.07) is 8.94. The van der Waals surface area contributed by atoms with Crippen LogP contribution in [-0.2, 0) is 0 Å². The first-order valence-electron chi connectivity index (χ1n) is 8.24. The van der Waals surface area contributed by atoms with Gasteiger partial charge in [-0.2, -0.15) is 0 Å². The number of rotatable bonds is 8. The summed E-state index contributed by atoms with van der Waals surface area (Å²) in [5, 5.41) is 13.6. The topological polar surface area (TPSA) is 41.5 Å². The Labute approximate surface area is 127 Å². The van der Waals surface area contributed by atoms with Crippen molar-refractivity contribution >= 4 is 0 Å². The molecule has 0 aromatic heterocycles. The van der Waals surface area contributed by atoms with Gasteiger partial charge in [-0.15, -0.1) is 0 Å². The van der Waals surface area contributed by atoms with Gasteiger partial charge in [0, 0.05) is 6.04 Å². The maximum Gasteiger partial charge on any atom is 0.119 e. The Hall–Kier alpha value is -1.06. The lowest BCUT2D eigenvalue weighted by atomic mass is 9.95. The van der Waals surface area contributed by atoms with Gasteiger partial charge in [0.05, 0.1) is 12.1 Å². The normalized spacial score (nSPS) is 21.3. The third-order valence-electron chi connectivity index (χ3n) is 4.75. The molecule has 3 rings (SSSR count). The molecule has 0 heterocycles. The van der Waals surface area contributed by atoms with Crippen molar-refractivity contribution < 1.29 is 9.84 Å². The molecule has 1 aromatic rings. The molecule has 2 fully saturated rings. The van der Waals surface area contributed by atoms with Crippen molar-refractivity contribution in [1.82, 2.24) is 5.32 Å². The van der Waals surface area contributed by atoms with Gasteiger partial charge in [0.15, 0.2) is 0 Å². The predicted octanol–water partition coefficient (Wildman–Crippen LogP) is 3.08. The van der Waals surface area contributed by atoms with E-state index in [4.69, 9.17) is 4.74 Å². The molecule has 0 radical (unpaired) electrons. The summed E-state index contributed by atoms with van der Waals surface area (Å²) in [6.45, 7) is 5.11. The molecule has 2 aliphatic carbocycles. The van der Waals surface area contributed by atoms with Gasteiger partial charge in [-0.1, -0.05) is 26.0 Å². The first kappa shape index (κ1) is 14.9. The van der Waals surface area contributed by atoms with Crippen molar-refractivity contribution in [2.24, 2.45) is 5.92 Å². The van der Waals surface area contributed by atoms with E-state index in [2.05, 4.69) is 31.3 Å². The number of aliphatic hydroxyl groups excluding tert-OH is 1. The van der Waals surface area contributed by atoms with Gasteiger partial charge in [-0.05, 0) is 55.2 Å². The lowest BCUT2D eigenvalue weighted by molar-refractivity contribution is 0.0831. The summed E-state index contributed by atoms with van der Waals surface area (Å²) in [6.07, 6.45) is 4.88. The van der Waals surface area contributed by atoms with E-state index in [1.165, 1.54) is 31.2 Å². The SMILES string of the molecule is CC(C)c1ccc(OCC(CO)(NC2CC2)C2CC2)cc1. The Morgan fingerprint density at radius 2 is 1.86 bits per heavy atom. The van der Waals surface area contributed by atoms with Crippen molar-refractivity contribution in [1.29, 1.82) is 0 Å². The van der Waals surface area contributed by atoms with Crippen LogP contribution in [0.15, 0.2) is 24.3 Å². The first-order chi connectivity index (χ1) is 10.1. The van der Waals surface area contributed by atoms with E-state index in [1.807, 2.05) is 12.1 Å². The van der Waals surface area contributed by atoms with Crippen molar-refractivity contribution in [3.8, 4) is 5.75 Å². The Morgan fingerprint density at radius 3 is 2.33 bits per heavy atom. The van der Waals surface area contributed by atoms with Gasteiger partial charge in [0.25, 0.3) is 0 Å². The minimum Gasteiger partial charge on any atom is -0.492 e. The van der Waals surface area contributed by atoms with E-state index in [0.717, 1.165) is 5.75 Å². The second-order valence-corrected chi connectivity index (χ2v) is 7.02. The molecule has 2 N–H and O–H groups in total. The molecule has 1 atom stereocenters. The summed E-state index contributed by atoms with van der Waals surface area (Å²) >= 11 is 0. The number of aliphatic hydroxyl groups is 1. The fourth-order valence-corrected chi connectivity index (χ4v) is 2.93. The van der Waals surface area contributed by atoms with Crippen LogP contribution in [0.4, 0.5) is 0 Å². The molecule has 1 unspecified atom stereocenters. The molecule has 0 saturated heterocycles. The third-order valence-corrected chi connectivity index (χ3v) is 4.75. The van der Waals surface area contributed by atoms with Crippen LogP contribution in [-0.4, -0.2) is 29.9 Å². The monoisotopic (exact) mass is 289 g/mol. The molecule has 1 aromatic carbocycles. The molecular formula is C18H27NO2. The van der Waals surface area contributed by atoms with Gasteiger partial charge in [0.2, 0.25) is 0 Å². The maximum atomic E-state index is 9.92. The van der Waals surface area contributed by atoms with Crippen LogP contribution < -0.4 is 10.1 Å². The van der Waals surface area contributed by atoms with Crippen LogP contribution in [0.1, 0.15) is 51.0 Å². The Morgan fingerprint density at radius 1 is 1.19 bits per heavy atom. The van der Waals surface area contributed by atoms with Crippen LogP contribution in [0.5, 0.6) is 5.75 Å². The van der Waals surface area contributed by atoms with Crippen LogP contribution in [0.2, 0.25) is 0 Å². The highest BCUT2D eigenvalue weighted by molar-refractivity contribution is 5.29. The average molecular weight is 289 g/mol. The van der Waals surface area contributed by atoms with Gasteiger partial charge in [-0.3, -0.25) is 0 Å². The van der Waals surface area contributed by atoms with Crippen LogP contribution in [0.25, 0.3) is 0 Å². The average Bonchev–Trinajstić information content (AvgIpc) is 3.37.